The molecule has 0 unspecified atom stereocenters. The lowest BCUT2D eigenvalue weighted by molar-refractivity contribution is 0.394. The van der Waals surface area contributed by atoms with Crippen molar-refractivity contribution in [1.82, 2.24) is 9.97 Å². The Labute approximate surface area is 71.8 Å². The van der Waals surface area contributed by atoms with E-state index in [1.165, 1.54) is 12.8 Å². The molecule has 0 N–H and O–H groups in total. The minimum atomic E-state index is 0.612. The number of aromatic nitrogens is 2. The van der Waals surface area contributed by atoms with Crippen molar-refractivity contribution in [3.63, 3.8) is 0 Å². The van der Waals surface area contributed by atoms with Crippen molar-refractivity contribution >= 4 is 0 Å². The van der Waals surface area contributed by atoms with Crippen LogP contribution in [0.3, 0.4) is 0 Å². The van der Waals surface area contributed by atoms with Gasteiger partial charge in [-0.3, -0.25) is 0 Å². The molecule has 0 bridgehead atoms. The molecule has 1 radical (unpaired) electrons. The van der Waals surface area contributed by atoms with Gasteiger partial charge in [0.1, 0.15) is 5.82 Å². The SMILES string of the molecule is COc1c[c]nc(CC2CC2)n1. The molecule has 1 aliphatic carbocycles. The van der Waals surface area contributed by atoms with Gasteiger partial charge in [-0.1, -0.05) is 0 Å². The van der Waals surface area contributed by atoms with Gasteiger partial charge in [0.05, 0.1) is 13.3 Å². The highest BCUT2D eigenvalue weighted by Crippen LogP contribution is 2.31. The molecular weight excluding hydrogens is 152 g/mol. The number of hydrogen-bond donors (Lipinski definition) is 0. The quantitative estimate of drug-likeness (QED) is 0.672. The summed E-state index contributed by atoms with van der Waals surface area (Å²) in [5.41, 5.74) is 0. The van der Waals surface area contributed by atoms with Crippen LogP contribution in [0.15, 0.2) is 6.07 Å². The monoisotopic (exact) mass is 163 g/mol. The molecule has 3 heteroatoms. The predicted molar refractivity (Wildman–Crippen MR) is 43.8 cm³/mol. The van der Waals surface area contributed by atoms with Gasteiger partial charge in [0.25, 0.3) is 0 Å². The summed E-state index contributed by atoms with van der Waals surface area (Å²) in [6, 6.07) is 1.65. The molecule has 0 amide bonds. The molecule has 0 spiro atoms. The fourth-order valence-electron chi connectivity index (χ4n) is 1.12. The van der Waals surface area contributed by atoms with Crippen LogP contribution in [0.4, 0.5) is 0 Å². The molecule has 0 saturated heterocycles. The second kappa shape index (κ2) is 3.09. The molecule has 1 aromatic heterocycles. The van der Waals surface area contributed by atoms with E-state index in [1.807, 2.05) is 0 Å². The van der Waals surface area contributed by atoms with E-state index < -0.39 is 0 Å². The molecular formula is C9H11N2O. The molecule has 3 nitrogen and oxygen atoms in total. The highest BCUT2D eigenvalue weighted by molar-refractivity contribution is 5.08. The van der Waals surface area contributed by atoms with Crippen LogP contribution < -0.4 is 4.74 Å². The van der Waals surface area contributed by atoms with Gasteiger partial charge in [0.2, 0.25) is 5.88 Å². The molecule has 1 aromatic rings. The van der Waals surface area contributed by atoms with E-state index in [4.69, 9.17) is 4.74 Å². The third-order valence-electron chi connectivity index (χ3n) is 2.00. The van der Waals surface area contributed by atoms with E-state index >= 15 is 0 Å². The Kier molecular flexibility index (Phi) is 1.94. The fourth-order valence-corrected chi connectivity index (χ4v) is 1.12. The van der Waals surface area contributed by atoms with Gasteiger partial charge in [-0.05, 0) is 18.8 Å². The largest absolute Gasteiger partial charge is 0.481 e. The Morgan fingerprint density at radius 1 is 1.67 bits per heavy atom. The zero-order chi connectivity index (χ0) is 8.39. The van der Waals surface area contributed by atoms with Crippen LogP contribution in [0.2, 0.25) is 0 Å². The van der Waals surface area contributed by atoms with Crippen molar-refractivity contribution in [2.45, 2.75) is 19.3 Å². The van der Waals surface area contributed by atoms with E-state index in [-0.39, 0.29) is 0 Å². The van der Waals surface area contributed by atoms with Gasteiger partial charge in [-0.15, -0.1) is 0 Å². The second-order valence-electron chi connectivity index (χ2n) is 3.10. The highest BCUT2D eigenvalue weighted by Gasteiger charge is 2.22. The van der Waals surface area contributed by atoms with E-state index in [9.17, 15) is 0 Å². The zero-order valence-electron chi connectivity index (χ0n) is 7.08. The van der Waals surface area contributed by atoms with E-state index in [2.05, 4.69) is 16.2 Å². The van der Waals surface area contributed by atoms with Crippen molar-refractivity contribution in [3.05, 3.63) is 18.1 Å². The smallest absolute Gasteiger partial charge is 0.216 e. The van der Waals surface area contributed by atoms with Crippen LogP contribution in [0, 0.1) is 12.1 Å². The van der Waals surface area contributed by atoms with Crippen LogP contribution in [-0.4, -0.2) is 17.1 Å². The maximum absolute atomic E-state index is 4.97. The van der Waals surface area contributed by atoms with E-state index in [1.54, 1.807) is 13.2 Å². The Balaban J connectivity index is 2.08. The van der Waals surface area contributed by atoms with Crippen molar-refractivity contribution in [1.29, 1.82) is 0 Å². The summed E-state index contributed by atoms with van der Waals surface area (Å²) in [5, 5.41) is 0. The van der Waals surface area contributed by atoms with Crippen LogP contribution in [-0.2, 0) is 6.42 Å². The molecule has 1 heterocycles. The number of hydrogen-bond acceptors (Lipinski definition) is 3. The molecule has 2 rings (SSSR count). The summed E-state index contributed by atoms with van der Waals surface area (Å²) in [5.74, 6) is 2.28. The molecule has 12 heavy (non-hydrogen) atoms. The summed E-state index contributed by atoms with van der Waals surface area (Å²) < 4.78 is 4.97. The van der Waals surface area contributed by atoms with E-state index in [0.29, 0.717) is 5.88 Å². The molecule has 0 atom stereocenters. The van der Waals surface area contributed by atoms with E-state index in [0.717, 1.165) is 18.2 Å². The lowest BCUT2D eigenvalue weighted by Gasteiger charge is -1.99. The van der Waals surface area contributed by atoms with Gasteiger partial charge in [0.15, 0.2) is 0 Å². The Morgan fingerprint density at radius 2 is 2.50 bits per heavy atom. The summed E-state index contributed by atoms with van der Waals surface area (Å²) in [6.07, 6.45) is 6.40. The first-order chi connectivity index (χ1) is 5.88. The average molecular weight is 163 g/mol. The number of methoxy groups -OCH3 is 1. The zero-order valence-corrected chi connectivity index (χ0v) is 7.08. The predicted octanol–water partition coefficient (Wildman–Crippen LogP) is 1.24. The van der Waals surface area contributed by atoms with Gasteiger partial charge in [-0.2, -0.15) is 4.98 Å². The summed E-state index contributed by atoms with van der Waals surface area (Å²) in [7, 11) is 1.61. The lowest BCUT2D eigenvalue weighted by atomic mass is 10.3. The minimum absolute atomic E-state index is 0.612. The molecule has 1 fully saturated rings. The average Bonchev–Trinajstić information content (AvgIpc) is 2.89. The number of nitrogens with zero attached hydrogens (tertiary/aromatic N) is 2. The van der Waals surface area contributed by atoms with Gasteiger partial charge >= 0.3 is 0 Å². The first-order valence-corrected chi connectivity index (χ1v) is 4.16. The van der Waals surface area contributed by atoms with Gasteiger partial charge < -0.3 is 4.74 Å². The minimum Gasteiger partial charge on any atom is -0.481 e. The molecule has 1 aliphatic rings. The topological polar surface area (TPSA) is 35.0 Å². The van der Waals surface area contributed by atoms with Crippen molar-refractivity contribution in [3.8, 4) is 5.88 Å². The van der Waals surface area contributed by atoms with Gasteiger partial charge in [0, 0.05) is 12.5 Å². The standard InChI is InChI=1S/C9H11N2O/c1-12-9-4-5-10-8(11-9)6-7-2-3-7/h4,7H,2-3,6H2,1H3. The van der Waals surface area contributed by atoms with Crippen LogP contribution in [0.1, 0.15) is 18.7 Å². The second-order valence-corrected chi connectivity index (χ2v) is 3.10. The summed E-state index contributed by atoms with van der Waals surface area (Å²) in [4.78, 5) is 8.26. The molecule has 0 aromatic carbocycles. The normalized spacial score (nSPS) is 16.1. The van der Waals surface area contributed by atoms with Crippen LogP contribution in [0.5, 0.6) is 5.88 Å². The maximum atomic E-state index is 4.97. The Bertz CT molecular complexity index is 271. The van der Waals surface area contributed by atoms with Crippen LogP contribution in [0.25, 0.3) is 0 Å². The van der Waals surface area contributed by atoms with Crippen molar-refractivity contribution in [2.24, 2.45) is 5.92 Å². The number of ether oxygens (including phenoxy) is 1. The van der Waals surface area contributed by atoms with Crippen molar-refractivity contribution in [2.75, 3.05) is 7.11 Å². The summed E-state index contributed by atoms with van der Waals surface area (Å²) >= 11 is 0. The first kappa shape index (κ1) is 7.53. The maximum Gasteiger partial charge on any atom is 0.216 e. The number of rotatable bonds is 3. The molecule has 63 valence electrons. The lowest BCUT2D eigenvalue weighted by Crippen LogP contribution is -1.98. The Morgan fingerprint density at radius 3 is 3.17 bits per heavy atom. The molecule has 0 aliphatic heterocycles. The Hall–Kier alpha value is -1.12. The first-order valence-electron chi connectivity index (χ1n) is 4.16. The third kappa shape index (κ3) is 1.72. The summed E-state index contributed by atoms with van der Waals surface area (Å²) in [6.45, 7) is 0. The van der Waals surface area contributed by atoms with Crippen molar-refractivity contribution < 1.29 is 4.74 Å². The van der Waals surface area contributed by atoms with Crippen LogP contribution >= 0.6 is 0 Å². The third-order valence-corrected chi connectivity index (χ3v) is 2.00. The molecule has 1 saturated carbocycles. The fraction of sp³-hybridized carbons (Fsp3) is 0.556. The highest BCUT2D eigenvalue weighted by atomic mass is 16.5. The van der Waals surface area contributed by atoms with Gasteiger partial charge in [-0.25, -0.2) is 4.98 Å².